The number of likely N-dealkylation sites (tertiary alicyclic amines) is 1. The van der Waals surface area contributed by atoms with E-state index < -0.39 is 0 Å². The number of carbonyl (C=O) groups excluding carboxylic acids is 1. The summed E-state index contributed by atoms with van der Waals surface area (Å²) in [5.41, 5.74) is 1.30. The van der Waals surface area contributed by atoms with Crippen LogP contribution in [0.5, 0.6) is 0 Å². The van der Waals surface area contributed by atoms with Crippen LogP contribution >= 0.6 is 23.1 Å². The summed E-state index contributed by atoms with van der Waals surface area (Å²) in [6.07, 6.45) is 5.60. The molecule has 0 aromatic carbocycles. The minimum absolute atomic E-state index is 0.0714. The van der Waals surface area contributed by atoms with Gasteiger partial charge < -0.3 is 4.90 Å². The molecule has 28 heavy (non-hydrogen) atoms. The van der Waals surface area contributed by atoms with Crippen molar-refractivity contribution in [2.24, 2.45) is 11.8 Å². The summed E-state index contributed by atoms with van der Waals surface area (Å²) < 4.78 is 1.75. The van der Waals surface area contributed by atoms with Crippen molar-refractivity contribution < 1.29 is 4.79 Å². The molecule has 0 bridgehead atoms. The van der Waals surface area contributed by atoms with Crippen molar-refractivity contribution in [3.63, 3.8) is 0 Å². The molecule has 0 spiro atoms. The highest BCUT2D eigenvalue weighted by atomic mass is 32.2. The van der Waals surface area contributed by atoms with E-state index in [-0.39, 0.29) is 11.5 Å². The molecule has 1 aliphatic carbocycles. The Morgan fingerprint density at radius 1 is 1.21 bits per heavy atom. The smallest absolute Gasteiger partial charge is 0.263 e. The molecule has 1 aliphatic heterocycles. The average Bonchev–Trinajstić information content (AvgIpc) is 3.04. The van der Waals surface area contributed by atoms with E-state index >= 15 is 0 Å². The van der Waals surface area contributed by atoms with Crippen molar-refractivity contribution in [3.05, 3.63) is 20.8 Å². The summed E-state index contributed by atoms with van der Waals surface area (Å²) in [5, 5.41) is 1.51. The first-order valence-corrected chi connectivity index (χ1v) is 12.2. The number of aryl methyl sites for hydroxylation is 2. The van der Waals surface area contributed by atoms with Gasteiger partial charge in [-0.05, 0) is 56.4 Å². The fourth-order valence-electron chi connectivity index (χ4n) is 4.69. The van der Waals surface area contributed by atoms with E-state index in [9.17, 15) is 9.59 Å². The van der Waals surface area contributed by atoms with Gasteiger partial charge in [0, 0.05) is 24.5 Å². The van der Waals surface area contributed by atoms with Gasteiger partial charge in [0.2, 0.25) is 5.91 Å². The second-order valence-corrected chi connectivity index (χ2v) is 10.4. The molecule has 1 fully saturated rings. The Bertz CT molecular complexity index is 939. The largest absolute Gasteiger partial charge is 0.341 e. The van der Waals surface area contributed by atoms with E-state index in [0.717, 1.165) is 42.6 Å². The first-order valence-electron chi connectivity index (χ1n) is 10.4. The Balaban J connectivity index is 1.58. The summed E-state index contributed by atoms with van der Waals surface area (Å²) in [7, 11) is 0. The summed E-state index contributed by atoms with van der Waals surface area (Å²) in [4.78, 5) is 34.9. The predicted octanol–water partition coefficient (Wildman–Crippen LogP) is 3.95. The van der Waals surface area contributed by atoms with Crippen LogP contribution in [0.4, 0.5) is 0 Å². The molecule has 4 rings (SSSR count). The van der Waals surface area contributed by atoms with Gasteiger partial charge in [0.05, 0.1) is 11.1 Å². The number of thiophene rings is 1. The van der Waals surface area contributed by atoms with Crippen LogP contribution in [0.25, 0.3) is 10.2 Å². The summed E-state index contributed by atoms with van der Waals surface area (Å²) in [6, 6.07) is 0. The van der Waals surface area contributed by atoms with Gasteiger partial charge in [0.15, 0.2) is 5.16 Å². The molecular weight excluding hydrogens is 390 g/mol. The number of thioether (sulfide) groups is 1. The van der Waals surface area contributed by atoms with Gasteiger partial charge in [-0.1, -0.05) is 25.6 Å². The van der Waals surface area contributed by atoms with Crippen molar-refractivity contribution in [1.82, 2.24) is 14.5 Å². The van der Waals surface area contributed by atoms with Gasteiger partial charge in [0.1, 0.15) is 4.83 Å². The standard InChI is InChI=1S/C21H29N3O2S2/c1-4-24-20(26)18-15-7-5-6-8-16(15)28-19(18)22-21(24)27-12-17(25)23-10-13(2)9-14(3)11-23/h13-14H,4-12H2,1-3H3/t13-,14+. The highest BCUT2D eigenvalue weighted by molar-refractivity contribution is 7.99. The minimum atomic E-state index is 0.0714. The Labute approximate surface area is 174 Å². The first kappa shape index (κ1) is 20.0. The number of fused-ring (bicyclic) bond motifs is 3. The quantitative estimate of drug-likeness (QED) is 0.556. The second-order valence-electron chi connectivity index (χ2n) is 8.37. The molecule has 1 saturated heterocycles. The van der Waals surface area contributed by atoms with Crippen molar-refractivity contribution in [2.45, 2.75) is 64.6 Å². The van der Waals surface area contributed by atoms with Crippen LogP contribution in [-0.4, -0.2) is 39.2 Å². The van der Waals surface area contributed by atoms with E-state index in [2.05, 4.69) is 13.8 Å². The third kappa shape index (κ3) is 3.75. The normalized spacial score (nSPS) is 22.5. The van der Waals surface area contributed by atoms with Crippen LogP contribution < -0.4 is 5.56 Å². The van der Waals surface area contributed by atoms with Crippen molar-refractivity contribution in [2.75, 3.05) is 18.8 Å². The third-order valence-corrected chi connectivity index (χ3v) is 8.05. The van der Waals surface area contributed by atoms with Gasteiger partial charge in [-0.25, -0.2) is 4.98 Å². The first-order chi connectivity index (χ1) is 13.5. The summed E-state index contributed by atoms with van der Waals surface area (Å²) >= 11 is 3.10. The monoisotopic (exact) mass is 419 g/mol. The van der Waals surface area contributed by atoms with Crippen LogP contribution in [0.1, 0.15) is 50.5 Å². The highest BCUT2D eigenvalue weighted by Gasteiger charge is 2.26. The number of aromatic nitrogens is 2. The van der Waals surface area contributed by atoms with Crippen LogP contribution in [0.15, 0.2) is 9.95 Å². The molecule has 3 heterocycles. The zero-order valence-corrected chi connectivity index (χ0v) is 18.6. The maximum atomic E-state index is 13.2. The van der Waals surface area contributed by atoms with Crippen molar-refractivity contribution >= 4 is 39.2 Å². The lowest BCUT2D eigenvalue weighted by Gasteiger charge is -2.35. The lowest BCUT2D eigenvalue weighted by atomic mass is 9.92. The van der Waals surface area contributed by atoms with E-state index in [4.69, 9.17) is 4.98 Å². The molecule has 152 valence electrons. The Kier molecular flexibility index (Phi) is 5.83. The number of hydrogen-bond donors (Lipinski definition) is 0. The third-order valence-electron chi connectivity index (χ3n) is 5.90. The molecule has 5 nitrogen and oxygen atoms in total. The Hall–Kier alpha value is -1.34. The van der Waals surface area contributed by atoms with Gasteiger partial charge in [-0.3, -0.25) is 14.2 Å². The maximum Gasteiger partial charge on any atom is 0.263 e. The van der Waals surface area contributed by atoms with Gasteiger partial charge in [0.25, 0.3) is 5.56 Å². The van der Waals surface area contributed by atoms with Crippen LogP contribution in [-0.2, 0) is 24.2 Å². The van der Waals surface area contributed by atoms with Gasteiger partial charge >= 0.3 is 0 Å². The maximum absolute atomic E-state index is 13.2. The van der Waals surface area contributed by atoms with E-state index in [1.807, 2.05) is 11.8 Å². The molecule has 2 aromatic heterocycles. The lowest BCUT2D eigenvalue weighted by Crippen LogP contribution is -2.43. The molecule has 0 N–H and O–H groups in total. The van der Waals surface area contributed by atoms with Crippen LogP contribution in [0, 0.1) is 11.8 Å². The van der Waals surface area contributed by atoms with E-state index in [0.29, 0.717) is 29.3 Å². The molecule has 1 amide bonds. The molecule has 0 unspecified atom stereocenters. The zero-order valence-electron chi connectivity index (χ0n) is 17.0. The molecule has 7 heteroatoms. The van der Waals surface area contributed by atoms with Crippen molar-refractivity contribution in [3.8, 4) is 0 Å². The predicted molar refractivity (Wildman–Crippen MR) is 116 cm³/mol. The highest BCUT2D eigenvalue weighted by Crippen LogP contribution is 2.34. The number of nitrogens with zero attached hydrogens (tertiary/aromatic N) is 3. The minimum Gasteiger partial charge on any atom is -0.341 e. The molecule has 2 atom stereocenters. The van der Waals surface area contributed by atoms with E-state index in [1.165, 1.54) is 35.0 Å². The van der Waals surface area contributed by atoms with Crippen LogP contribution in [0.2, 0.25) is 0 Å². The average molecular weight is 420 g/mol. The Morgan fingerprint density at radius 3 is 2.64 bits per heavy atom. The summed E-state index contributed by atoms with van der Waals surface area (Å²) in [5.74, 6) is 1.62. The van der Waals surface area contributed by atoms with Gasteiger partial charge in [-0.2, -0.15) is 0 Å². The molecule has 2 aromatic rings. The Morgan fingerprint density at radius 2 is 1.93 bits per heavy atom. The molecule has 2 aliphatic rings. The number of piperidine rings is 1. The van der Waals surface area contributed by atoms with E-state index in [1.54, 1.807) is 15.9 Å². The van der Waals surface area contributed by atoms with Crippen molar-refractivity contribution in [1.29, 1.82) is 0 Å². The lowest BCUT2D eigenvalue weighted by molar-refractivity contribution is -0.130. The number of amides is 1. The fourth-order valence-corrected chi connectivity index (χ4v) is 6.96. The van der Waals surface area contributed by atoms with Gasteiger partial charge in [-0.15, -0.1) is 11.3 Å². The van der Waals surface area contributed by atoms with Crippen LogP contribution in [0.3, 0.4) is 0 Å². The fraction of sp³-hybridized carbons (Fsp3) is 0.667. The molecular formula is C21H29N3O2S2. The number of hydrogen-bond acceptors (Lipinski definition) is 5. The zero-order chi connectivity index (χ0) is 19.8. The SMILES string of the molecule is CCn1c(SCC(=O)N2C[C@H](C)C[C@H](C)C2)nc2sc3c(c2c1=O)CCCC3. The molecule has 0 saturated carbocycles. The topological polar surface area (TPSA) is 55.2 Å². The summed E-state index contributed by atoms with van der Waals surface area (Å²) in [6.45, 7) is 8.68. The number of rotatable bonds is 4. The second kappa shape index (κ2) is 8.19. The molecule has 0 radical (unpaired) electrons. The number of carbonyl (C=O) groups is 1.